The van der Waals surface area contributed by atoms with Crippen molar-refractivity contribution in [1.29, 1.82) is 5.26 Å². The maximum absolute atomic E-state index is 9.25. The van der Waals surface area contributed by atoms with Crippen molar-refractivity contribution in [3.05, 3.63) is 29.8 Å². The predicted octanol–water partition coefficient (Wildman–Crippen LogP) is 3.67. The van der Waals surface area contributed by atoms with Gasteiger partial charge in [-0.3, -0.25) is 0 Å². The number of nitrogens with zero attached hydrogens (tertiary/aromatic N) is 1. The Kier molecular flexibility index (Phi) is 3.38. The first kappa shape index (κ1) is 12.0. The Bertz CT molecular complexity index is 410. The summed E-state index contributed by atoms with van der Waals surface area (Å²) in [7, 11) is 0. The molecule has 2 rings (SSSR count). The highest BCUT2D eigenvalue weighted by Gasteiger charge is 2.38. The minimum atomic E-state index is -0.212. The molecule has 0 spiro atoms. The first-order chi connectivity index (χ1) is 8.16. The lowest BCUT2D eigenvalue weighted by Gasteiger charge is -2.35. The molecule has 0 saturated heterocycles. The fraction of sp³-hybridized carbons (Fsp3) is 0.533. The third kappa shape index (κ3) is 2.44. The van der Waals surface area contributed by atoms with Gasteiger partial charge in [0.25, 0.3) is 0 Å². The normalized spacial score (nSPS) is 17.3. The zero-order chi connectivity index (χ0) is 12.3. The van der Waals surface area contributed by atoms with Gasteiger partial charge in [0.1, 0.15) is 5.75 Å². The monoisotopic (exact) mass is 229 g/mol. The van der Waals surface area contributed by atoms with Gasteiger partial charge in [-0.2, -0.15) is 5.26 Å². The van der Waals surface area contributed by atoms with Crippen LogP contribution in [0.25, 0.3) is 0 Å². The van der Waals surface area contributed by atoms with E-state index in [4.69, 9.17) is 4.74 Å². The van der Waals surface area contributed by atoms with E-state index in [1.165, 1.54) is 6.42 Å². The highest BCUT2D eigenvalue weighted by molar-refractivity contribution is 5.38. The highest BCUT2D eigenvalue weighted by Crippen LogP contribution is 2.43. The Hall–Kier alpha value is -1.49. The van der Waals surface area contributed by atoms with Gasteiger partial charge in [0, 0.05) is 0 Å². The van der Waals surface area contributed by atoms with E-state index in [9.17, 15) is 5.26 Å². The van der Waals surface area contributed by atoms with E-state index in [0.29, 0.717) is 5.92 Å². The summed E-state index contributed by atoms with van der Waals surface area (Å²) in [5.74, 6) is 1.43. The second kappa shape index (κ2) is 4.79. The summed E-state index contributed by atoms with van der Waals surface area (Å²) >= 11 is 0. The van der Waals surface area contributed by atoms with E-state index in [2.05, 4.69) is 19.9 Å². The van der Waals surface area contributed by atoms with Crippen LogP contribution in [0, 0.1) is 17.2 Å². The zero-order valence-corrected chi connectivity index (χ0v) is 10.6. The molecule has 0 N–H and O–H groups in total. The number of benzene rings is 1. The minimum absolute atomic E-state index is 0.212. The lowest BCUT2D eigenvalue weighted by molar-refractivity contribution is 0.270. The predicted molar refractivity (Wildman–Crippen MR) is 67.9 cm³/mol. The Labute approximate surface area is 103 Å². The smallest absolute Gasteiger partial charge is 0.119 e. The van der Waals surface area contributed by atoms with Crippen molar-refractivity contribution in [2.75, 3.05) is 6.61 Å². The molecule has 0 amide bonds. The summed E-state index contributed by atoms with van der Waals surface area (Å²) in [5, 5.41) is 9.25. The van der Waals surface area contributed by atoms with E-state index in [1.54, 1.807) is 0 Å². The van der Waals surface area contributed by atoms with Crippen molar-refractivity contribution in [2.45, 2.75) is 38.5 Å². The largest absolute Gasteiger partial charge is 0.493 e. The van der Waals surface area contributed by atoms with Crippen molar-refractivity contribution < 1.29 is 4.74 Å². The molecular weight excluding hydrogens is 210 g/mol. The molecule has 1 saturated carbocycles. The van der Waals surface area contributed by atoms with Gasteiger partial charge in [0.15, 0.2) is 0 Å². The Morgan fingerprint density at radius 2 is 1.94 bits per heavy atom. The standard InChI is InChI=1S/C15H19NO/c1-12(2)10-17-14-6-4-13(5-7-14)15(11-16)8-3-9-15/h4-7,12H,3,8-10H2,1-2H3. The first-order valence-electron chi connectivity index (χ1n) is 6.31. The van der Waals surface area contributed by atoms with Crippen molar-refractivity contribution in [1.82, 2.24) is 0 Å². The van der Waals surface area contributed by atoms with E-state index in [-0.39, 0.29) is 5.41 Å². The van der Waals surface area contributed by atoms with Crippen LogP contribution < -0.4 is 4.74 Å². The fourth-order valence-electron chi connectivity index (χ4n) is 2.13. The van der Waals surface area contributed by atoms with Crippen molar-refractivity contribution in [3.63, 3.8) is 0 Å². The molecule has 1 aliphatic carbocycles. The zero-order valence-electron chi connectivity index (χ0n) is 10.6. The van der Waals surface area contributed by atoms with Crippen molar-refractivity contribution in [3.8, 4) is 11.8 Å². The molecule has 2 nitrogen and oxygen atoms in total. The topological polar surface area (TPSA) is 33.0 Å². The highest BCUT2D eigenvalue weighted by atomic mass is 16.5. The van der Waals surface area contributed by atoms with Gasteiger partial charge in [0.2, 0.25) is 0 Å². The fourth-order valence-corrected chi connectivity index (χ4v) is 2.13. The Morgan fingerprint density at radius 1 is 1.29 bits per heavy atom. The molecule has 1 fully saturated rings. The van der Waals surface area contributed by atoms with Crippen LogP contribution in [0.1, 0.15) is 38.7 Å². The summed E-state index contributed by atoms with van der Waals surface area (Å²) in [5.41, 5.74) is 0.930. The third-order valence-corrected chi connectivity index (χ3v) is 3.41. The molecule has 0 aromatic heterocycles. The number of nitriles is 1. The quantitative estimate of drug-likeness (QED) is 0.789. The molecule has 0 unspecified atom stereocenters. The van der Waals surface area contributed by atoms with E-state index >= 15 is 0 Å². The summed E-state index contributed by atoms with van der Waals surface area (Å²) in [6, 6.07) is 10.5. The van der Waals surface area contributed by atoms with Crippen LogP contribution in [-0.4, -0.2) is 6.61 Å². The average Bonchev–Trinajstić information content (AvgIpc) is 2.27. The molecule has 0 bridgehead atoms. The van der Waals surface area contributed by atoms with Crippen LogP contribution in [0.15, 0.2) is 24.3 Å². The van der Waals surface area contributed by atoms with Crippen LogP contribution in [0.5, 0.6) is 5.75 Å². The van der Waals surface area contributed by atoms with Crippen molar-refractivity contribution in [2.24, 2.45) is 5.92 Å². The summed E-state index contributed by atoms with van der Waals surface area (Å²) in [6.07, 6.45) is 3.16. The lowest BCUT2D eigenvalue weighted by atomic mass is 9.65. The van der Waals surface area contributed by atoms with Gasteiger partial charge in [0.05, 0.1) is 18.1 Å². The molecule has 0 atom stereocenters. The van der Waals surface area contributed by atoms with Crippen LogP contribution in [0.2, 0.25) is 0 Å². The Morgan fingerprint density at radius 3 is 2.35 bits per heavy atom. The average molecular weight is 229 g/mol. The molecule has 0 heterocycles. The van der Waals surface area contributed by atoms with Crippen LogP contribution >= 0.6 is 0 Å². The van der Waals surface area contributed by atoms with Gasteiger partial charge in [-0.15, -0.1) is 0 Å². The number of rotatable bonds is 4. The SMILES string of the molecule is CC(C)COc1ccc(C2(C#N)CCC2)cc1. The minimum Gasteiger partial charge on any atom is -0.493 e. The second-order valence-electron chi connectivity index (χ2n) is 5.28. The molecule has 0 aliphatic heterocycles. The molecule has 0 radical (unpaired) electrons. The van der Waals surface area contributed by atoms with Gasteiger partial charge >= 0.3 is 0 Å². The van der Waals surface area contributed by atoms with E-state index in [0.717, 1.165) is 30.8 Å². The summed E-state index contributed by atoms with van der Waals surface area (Å²) in [6.45, 7) is 5.00. The molecule has 1 aliphatic rings. The number of hydrogen-bond acceptors (Lipinski definition) is 2. The third-order valence-electron chi connectivity index (χ3n) is 3.41. The second-order valence-corrected chi connectivity index (χ2v) is 5.28. The molecular formula is C15H19NO. The van der Waals surface area contributed by atoms with Gasteiger partial charge in [-0.1, -0.05) is 26.0 Å². The lowest BCUT2D eigenvalue weighted by Crippen LogP contribution is -2.32. The van der Waals surface area contributed by atoms with E-state index in [1.807, 2.05) is 24.3 Å². The molecule has 1 aromatic rings. The molecule has 1 aromatic carbocycles. The van der Waals surface area contributed by atoms with Crippen LogP contribution in [-0.2, 0) is 5.41 Å². The van der Waals surface area contributed by atoms with Gasteiger partial charge in [-0.05, 0) is 42.9 Å². The van der Waals surface area contributed by atoms with Crippen LogP contribution in [0.3, 0.4) is 0 Å². The summed E-state index contributed by atoms with van der Waals surface area (Å²) < 4.78 is 5.64. The Balaban J connectivity index is 2.06. The van der Waals surface area contributed by atoms with Gasteiger partial charge < -0.3 is 4.74 Å². The molecule has 17 heavy (non-hydrogen) atoms. The molecule has 90 valence electrons. The van der Waals surface area contributed by atoms with E-state index < -0.39 is 0 Å². The first-order valence-corrected chi connectivity index (χ1v) is 6.31. The van der Waals surface area contributed by atoms with Crippen molar-refractivity contribution >= 4 is 0 Å². The maximum atomic E-state index is 9.25. The van der Waals surface area contributed by atoms with Gasteiger partial charge in [-0.25, -0.2) is 0 Å². The number of hydrogen-bond donors (Lipinski definition) is 0. The summed E-state index contributed by atoms with van der Waals surface area (Å²) in [4.78, 5) is 0. The maximum Gasteiger partial charge on any atom is 0.119 e. The number of ether oxygens (including phenoxy) is 1. The molecule has 2 heteroatoms. The van der Waals surface area contributed by atoms with Crippen LogP contribution in [0.4, 0.5) is 0 Å².